The van der Waals surface area contributed by atoms with Crippen LogP contribution in [-0.4, -0.2) is 23.7 Å². The van der Waals surface area contributed by atoms with Crippen molar-refractivity contribution in [1.29, 1.82) is 0 Å². The lowest BCUT2D eigenvalue weighted by atomic mass is 10.1. The van der Waals surface area contributed by atoms with Gasteiger partial charge in [0.2, 0.25) is 0 Å². The number of halogens is 1. The second-order valence-corrected chi connectivity index (χ2v) is 7.93. The van der Waals surface area contributed by atoms with E-state index < -0.39 is 0 Å². The average Bonchev–Trinajstić information content (AvgIpc) is 3.28. The molecular formula is C18H16ClN3OS2. The number of carbonyl (C=O) groups excluding carboxylic acids is 1. The van der Waals surface area contributed by atoms with Gasteiger partial charge in [0.25, 0.3) is 0 Å². The molecule has 3 aromatic rings. The van der Waals surface area contributed by atoms with Crippen molar-refractivity contribution >= 4 is 45.9 Å². The normalized spacial score (nSPS) is 11.7. The number of aryl methyl sites for hydroxylation is 1. The Hall–Kier alpha value is -2.02. The van der Waals surface area contributed by atoms with E-state index in [0.29, 0.717) is 27.9 Å². The van der Waals surface area contributed by atoms with Gasteiger partial charge in [-0.3, -0.25) is 9.79 Å². The van der Waals surface area contributed by atoms with Crippen molar-refractivity contribution in [3.8, 4) is 10.6 Å². The standard InChI is InChI=1S/C18H16ClN3OS2/c1-21-17(20)11-2-4-12(5-3-11)18-22-13(10-24-18)6-7-14(23)15-8-9-16(19)25-15/h2-5,8-10H,6-7H2,1H3,(H2,20,21). The van der Waals surface area contributed by atoms with Crippen LogP contribution in [0.3, 0.4) is 0 Å². The predicted molar refractivity (Wildman–Crippen MR) is 106 cm³/mol. The van der Waals surface area contributed by atoms with Crippen LogP contribution in [0.15, 0.2) is 46.8 Å². The maximum Gasteiger partial charge on any atom is 0.173 e. The Bertz CT molecular complexity index is 913. The Morgan fingerprint density at radius 3 is 2.64 bits per heavy atom. The highest BCUT2D eigenvalue weighted by Crippen LogP contribution is 2.26. The van der Waals surface area contributed by atoms with Gasteiger partial charge in [-0.05, 0) is 18.6 Å². The molecule has 0 saturated carbocycles. The highest BCUT2D eigenvalue weighted by atomic mass is 35.5. The number of hydrogen-bond acceptors (Lipinski definition) is 5. The van der Waals surface area contributed by atoms with Crippen LogP contribution in [0.2, 0.25) is 4.34 Å². The van der Waals surface area contributed by atoms with E-state index in [0.717, 1.165) is 21.8 Å². The molecule has 4 nitrogen and oxygen atoms in total. The summed E-state index contributed by atoms with van der Waals surface area (Å²) in [5.74, 6) is 0.615. The number of aromatic nitrogens is 1. The van der Waals surface area contributed by atoms with E-state index in [-0.39, 0.29) is 5.78 Å². The van der Waals surface area contributed by atoms with Gasteiger partial charge in [0.15, 0.2) is 5.78 Å². The molecule has 0 saturated heterocycles. The fourth-order valence-corrected chi connectivity index (χ4v) is 4.17. The third-order valence-electron chi connectivity index (χ3n) is 3.68. The van der Waals surface area contributed by atoms with Gasteiger partial charge in [-0.1, -0.05) is 35.9 Å². The van der Waals surface area contributed by atoms with Gasteiger partial charge in [0.1, 0.15) is 10.8 Å². The molecule has 7 heteroatoms. The first-order valence-corrected chi connectivity index (χ1v) is 9.70. The van der Waals surface area contributed by atoms with Gasteiger partial charge in [-0.2, -0.15) is 0 Å². The largest absolute Gasteiger partial charge is 0.384 e. The molecule has 0 atom stereocenters. The summed E-state index contributed by atoms with van der Waals surface area (Å²) < 4.78 is 0.636. The fraction of sp³-hybridized carbons (Fsp3) is 0.167. The Balaban J connectivity index is 1.65. The summed E-state index contributed by atoms with van der Waals surface area (Å²) in [5, 5.41) is 2.93. The van der Waals surface area contributed by atoms with Crippen LogP contribution in [0.4, 0.5) is 0 Å². The number of thiazole rings is 1. The molecular weight excluding hydrogens is 374 g/mol. The zero-order chi connectivity index (χ0) is 17.8. The fourth-order valence-electron chi connectivity index (χ4n) is 2.30. The van der Waals surface area contributed by atoms with Crippen LogP contribution < -0.4 is 5.73 Å². The van der Waals surface area contributed by atoms with E-state index in [4.69, 9.17) is 17.3 Å². The van der Waals surface area contributed by atoms with Crippen molar-refractivity contribution in [1.82, 2.24) is 4.98 Å². The summed E-state index contributed by atoms with van der Waals surface area (Å²) in [5.41, 5.74) is 8.65. The topological polar surface area (TPSA) is 68.3 Å². The molecule has 0 fully saturated rings. The summed E-state index contributed by atoms with van der Waals surface area (Å²) in [6, 6.07) is 11.4. The smallest absolute Gasteiger partial charge is 0.173 e. The number of nitrogens with zero attached hydrogens (tertiary/aromatic N) is 2. The number of Topliss-reactive ketones (excluding diaryl/α,β-unsaturated/α-hetero) is 1. The summed E-state index contributed by atoms with van der Waals surface area (Å²) in [4.78, 5) is 21.4. The quantitative estimate of drug-likeness (QED) is 0.378. The minimum absolute atomic E-state index is 0.102. The number of thiophene rings is 1. The minimum atomic E-state index is 0.102. The molecule has 2 aromatic heterocycles. The SMILES string of the molecule is CN=C(N)c1ccc(-c2nc(CCC(=O)c3ccc(Cl)s3)cs2)cc1. The second kappa shape index (κ2) is 7.91. The van der Waals surface area contributed by atoms with Crippen LogP contribution in [0.1, 0.15) is 27.3 Å². The van der Waals surface area contributed by atoms with Crippen LogP contribution in [0, 0.1) is 0 Å². The van der Waals surface area contributed by atoms with Crippen LogP contribution in [0.5, 0.6) is 0 Å². The molecule has 0 bridgehead atoms. The van der Waals surface area contributed by atoms with Crippen molar-refractivity contribution < 1.29 is 4.79 Å². The summed E-state index contributed by atoms with van der Waals surface area (Å²) in [6.45, 7) is 0. The number of amidine groups is 1. The van der Waals surface area contributed by atoms with Gasteiger partial charge in [0.05, 0.1) is 14.9 Å². The Labute approximate surface area is 159 Å². The second-order valence-electron chi connectivity index (χ2n) is 5.36. The van der Waals surface area contributed by atoms with E-state index in [2.05, 4.69) is 9.98 Å². The monoisotopic (exact) mass is 389 g/mol. The zero-order valence-electron chi connectivity index (χ0n) is 13.5. The van der Waals surface area contributed by atoms with Crippen molar-refractivity contribution in [2.45, 2.75) is 12.8 Å². The predicted octanol–water partition coefficient (Wildman–Crippen LogP) is 4.68. The molecule has 0 unspecified atom stereocenters. The maximum absolute atomic E-state index is 12.1. The van der Waals surface area contributed by atoms with Crippen molar-refractivity contribution in [3.05, 3.63) is 62.2 Å². The Kier molecular flexibility index (Phi) is 5.63. The third-order valence-corrected chi connectivity index (χ3v) is 5.89. The Morgan fingerprint density at radius 1 is 1.24 bits per heavy atom. The van der Waals surface area contributed by atoms with Gasteiger partial charge in [-0.15, -0.1) is 22.7 Å². The molecule has 0 spiro atoms. The number of ketones is 1. The molecule has 0 radical (unpaired) electrons. The molecule has 1 aromatic carbocycles. The number of hydrogen-bond donors (Lipinski definition) is 1. The van der Waals surface area contributed by atoms with E-state index in [9.17, 15) is 4.79 Å². The van der Waals surface area contributed by atoms with E-state index >= 15 is 0 Å². The number of rotatable bonds is 6. The number of aliphatic imine (C=N–C) groups is 1. The van der Waals surface area contributed by atoms with Crippen molar-refractivity contribution in [2.75, 3.05) is 7.05 Å². The zero-order valence-corrected chi connectivity index (χ0v) is 15.9. The first-order valence-electron chi connectivity index (χ1n) is 7.63. The van der Waals surface area contributed by atoms with E-state index in [1.165, 1.54) is 11.3 Å². The molecule has 3 rings (SSSR count). The Morgan fingerprint density at radius 2 is 2.00 bits per heavy atom. The summed E-state index contributed by atoms with van der Waals surface area (Å²) in [6.07, 6.45) is 1.06. The maximum atomic E-state index is 12.1. The third kappa shape index (κ3) is 4.34. The molecule has 2 N–H and O–H groups in total. The molecule has 0 amide bonds. The van der Waals surface area contributed by atoms with Crippen molar-refractivity contribution in [2.24, 2.45) is 10.7 Å². The van der Waals surface area contributed by atoms with Crippen LogP contribution in [0.25, 0.3) is 10.6 Å². The summed E-state index contributed by atoms with van der Waals surface area (Å²) >= 11 is 8.76. The molecule has 0 aliphatic heterocycles. The van der Waals surface area contributed by atoms with Gasteiger partial charge >= 0.3 is 0 Å². The number of carbonyl (C=O) groups is 1. The van der Waals surface area contributed by atoms with Crippen LogP contribution in [-0.2, 0) is 6.42 Å². The van der Waals surface area contributed by atoms with Crippen molar-refractivity contribution in [3.63, 3.8) is 0 Å². The molecule has 0 aliphatic carbocycles. The summed E-state index contributed by atoms with van der Waals surface area (Å²) in [7, 11) is 1.67. The number of benzene rings is 1. The average molecular weight is 390 g/mol. The van der Waals surface area contributed by atoms with E-state index in [1.807, 2.05) is 29.6 Å². The molecule has 2 heterocycles. The van der Waals surface area contributed by atoms with Gasteiger partial charge in [-0.25, -0.2) is 4.98 Å². The van der Waals surface area contributed by atoms with Gasteiger partial charge in [0, 0.05) is 30.0 Å². The molecule has 128 valence electrons. The highest BCUT2D eigenvalue weighted by Gasteiger charge is 2.11. The van der Waals surface area contributed by atoms with Gasteiger partial charge < -0.3 is 5.73 Å². The first kappa shape index (κ1) is 17.8. The highest BCUT2D eigenvalue weighted by molar-refractivity contribution is 7.18. The lowest BCUT2D eigenvalue weighted by Gasteiger charge is -2.01. The molecule has 0 aliphatic rings. The first-order chi connectivity index (χ1) is 12.1. The number of nitrogens with two attached hydrogens (primary N) is 1. The lowest BCUT2D eigenvalue weighted by Crippen LogP contribution is -2.12. The lowest BCUT2D eigenvalue weighted by molar-refractivity contribution is 0.0986. The molecule has 25 heavy (non-hydrogen) atoms. The van der Waals surface area contributed by atoms with Crippen LogP contribution >= 0.6 is 34.3 Å². The van der Waals surface area contributed by atoms with E-state index in [1.54, 1.807) is 30.5 Å². The minimum Gasteiger partial charge on any atom is -0.384 e.